The first kappa shape index (κ1) is 33.2. The molecule has 1 aliphatic rings. The molecule has 3 rings (SSSR count). The monoisotopic (exact) mass is 619 g/mol. The lowest BCUT2D eigenvalue weighted by atomic mass is 9.65. The molecule has 9 nitrogen and oxygen atoms in total. The molecular weight excluding hydrogens is 581 g/mol. The minimum Gasteiger partial charge on any atom is -0.467 e. The summed E-state index contributed by atoms with van der Waals surface area (Å²) in [5.74, 6) is -1.76. The van der Waals surface area contributed by atoms with Crippen molar-refractivity contribution in [2.45, 2.75) is 72.4 Å². The van der Waals surface area contributed by atoms with Crippen LogP contribution in [0.3, 0.4) is 0 Å². The van der Waals surface area contributed by atoms with Crippen LogP contribution in [0.5, 0.6) is 0 Å². The van der Waals surface area contributed by atoms with Crippen molar-refractivity contribution < 1.29 is 28.7 Å². The summed E-state index contributed by atoms with van der Waals surface area (Å²) < 4.78 is 10.7. The van der Waals surface area contributed by atoms with E-state index in [0.29, 0.717) is 34.3 Å². The molecule has 3 atom stereocenters. The van der Waals surface area contributed by atoms with Gasteiger partial charge in [0.15, 0.2) is 0 Å². The van der Waals surface area contributed by atoms with Crippen molar-refractivity contribution in [1.82, 2.24) is 5.32 Å². The van der Waals surface area contributed by atoms with Gasteiger partial charge in [0.2, 0.25) is 5.91 Å². The number of rotatable bonds is 8. The number of nitrogens with one attached hydrogen (secondary N) is 3. The molecule has 1 unspecified atom stereocenters. The van der Waals surface area contributed by atoms with Crippen molar-refractivity contribution in [2.75, 3.05) is 17.7 Å². The number of methoxy groups -OCH3 is 1. The molecule has 1 saturated carbocycles. The number of urea groups is 1. The molecule has 1 aliphatic carbocycles. The Balaban J connectivity index is 1.67. The van der Waals surface area contributed by atoms with E-state index in [2.05, 4.69) is 16.0 Å². The van der Waals surface area contributed by atoms with Crippen LogP contribution in [-0.4, -0.2) is 42.6 Å². The number of carbonyl (C=O) groups excluding carboxylic acids is 4. The molecule has 0 aromatic heterocycles. The molecule has 11 heteroatoms. The number of anilines is 2. The highest BCUT2D eigenvalue weighted by Crippen LogP contribution is 2.57. The molecule has 3 amide bonds. The summed E-state index contributed by atoms with van der Waals surface area (Å²) in [5.41, 5.74) is -0.715. The van der Waals surface area contributed by atoms with E-state index in [0.717, 1.165) is 5.56 Å². The Bertz CT molecular complexity index is 1320. The van der Waals surface area contributed by atoms with E-state index in [4.69, 9.17) is 32.7 Å². The Morgan fingerprint density at radius 3 is 2.12 bits per heavy atom. The topological polar surface area (TPSA) is 123 Å². The van der Waals surface area contributed by atoms with Crippen LogP contribution in [0.15, 0.2) is 42.5 Å². The van der Waals surface area contributed by atoms with Gasteiger partial charge in [-0.2, -0.15) is 0 Å². The van der Waals surface area contributed by atoms with Crippen LogP contribution in [0.1, 0.15) is 59.9 Å². The maximum absolute atomic E-state index is 13.5. The Kier molecular flexibility index (Phi) is 10.2. The van der Waals surface area contributed by atoms with Gasteiger partial charge in [-0.05, 0) is 75.8 Å². The largest absolute Gasteiger partial charge is 0.467 e. The highest BCUT2D eigenvalue weighted by Gasteiger charge is 2.59. The molecule has 0 heterocycles. The fourth-order valence-electron chi connectivity index (χ4n) is 5.18. The molecule has 2 aromatic rings. The average molecular weight is 621 g/mol. The van der Waals surface area contributed by atoms with E-state index in [-0.39, 0.29) is 18.3 Å². The third kappa shape index (κ3) is 7.55. The van der Waals surface area contributed by atoms with Crippen LogP contribution in [0.4, 0.5) is 16.2 Å². The number of hydrogen-bond acceptors (Lipinski definition) is 6. The van der Waals surface area contributed by atoms with Crippen molar-refractivity contribution in [3.8, 4) is 0 Å². The first-order valence-corrected chi connectivity index (χ1v) is 14.5. The molecule has 0 spiro atoms. The first-order valence-electron chi connectivity index (χ1n) is 13.7. The van der Waals surface area contributed by atoms with Gasteiger partial charge in [-0.15, -0.1) is 0 Å². The smallest absolute Gasteiger partial charge is 0.328 e. The standard InChI is InChI=1S/C31H39Cl2N3O6/c1-29(2,3)42-27(39)31(6)16-15-20(30(31,4)5)25(37)35-23(26(38)41-7)17-18-11-13-19(14-12-18)34-28(40)36-24-21(32)9-8-10-22(24)33/h8-14,20,23H,15-17H2,1-7H3,(H,35,37)(H2,34,36,40)/t20-,23?,31+/m1/s1. The molecule has 0 bridgehead atoms. The zero-order valence-corrected chi connectivity index (χ0v) is 26.5. The third-order valence-corrected chi connectivity index (χ3v) is 8.68. The van der Waals surface area contributed by atoms with E-state index in [1.807, 2.05) is 41.5 Å². The number of carbonyl (C=O) groups is 4. The number of esters is 2. The predicted octanol–water partition coefficient (Wildman–Crippen LogP) is 6.62. The van der Waals surface area contributed by atoms with Crippen LogP contribution in [0.25, 0.3) is 0 Å². The lowest BCUT2D eigenvalue weighted by Crippen LogP contribution is -2.51. The molecule has 0 aliphatic heterocycles. The van der Waals surface area contributed by atoms with E-state index in [1.165, 1.54) is 7.11 Å². The van der Waals surface area contributed by atoms with Gasteiger partial charge in [-0.25, -0.2) is 9.59 Å². The second kappa shape index (κ2) is 12.9. The lowest BCUT2D eigenvalue weighted by molar-refractivity contribution is -0.173. The summed E-state index contributed by atoms with van der Waals surface area (Å²) in [4.78, 5) is 51.8. The summed E-state index contributed by atoms with van der Waals surface area (Å²) in [6, 6.07) is 10.2. The highest BCUT2D eigenvalue weighted by molar-refractivity contribution is 6.39. The molecule has 228 valence electrons. The van der Waals surface area contributed by atoms with Gasteiger partial charge < -0.3 is 25.4 Å². The number of para-hydroxylation sites is 1. The van der Waals surface area contributed by atoms with Gasteiger partial charge >= 0.3 is 18.0 Å². The average Bonchev–Trinajstić information content (AvgIpc) is 3.15. The van der Waals surface area contributed by atoms with E-state index < -0.39 is 40.4 Å². The van der Waals surface area contributed by atoms with Crippen molar-refractivity contribution in [3.05, 3.63) is 58.1 Å². The van der Waals surface area contributed by atoms with Crippen LogP contribution in [0, 0.1) is 16.7 Å². The Hall–Kier alpha value is -3.30. The van der Waals surface area contributed by atoms with E-state index in [1.54, 1.807) is 42.5 Å². The van der Waals surface area contributed by atoms with E-state index in [9.17, 15) is 19.2 Å². The normalized spacial score (nSPS) is 20.3. The number of halogens is 2. The van der Waals surface area contributed by atoms with Crippen molar-refractivity contribution >= 4 is 58.5 Å². The Morgan fingerprint density at radius 1 is 0.976 bits per heavy atom. The van der Waals surface area contributed by atoms with Gasteiger partial charge in [-0.3, -0.25) is 9.59 Å². The van der Waals surface area contributed by atoms with Gasteiger partial charge in [-0.1, -0.05) is 55.2 Å². The zero-order valence-electron chi connectivity index (χ0n) is 25.0. The maximum Gasteiger partial charge on any atom is 0.328 e. The van der Waals surface area contributed by atoms with Crippen molar-refractivity contribution in [2.24, 2.45) is 16.7 Å². The predicted molar refractivity (Wildman–Crippen MR) is 164 cm³/mol. The van der Waals surface area contributed by atoms with E-state index >= 15 is 0 Å². The SMILES string of the molecule is COC(=O)C(Cc1ccc(NC(=O)Nc2c(Cl)cccc2Cl)cc1)NC(=O)[C@H]1CC[C@@](C)(C(=O)OC(C)(C)C)C1(C)C. The lowest BCUT2D eigenvalue weighted by Gasteiger charge is -2.40. The quantitative estimate of drug-likeness (QED) is 0.285. The maximum atomic E-state index is 13.5. The van der Waals surface area contributed by atoms with Crippen LogP contribution >= 0.6 is 23.2 Å². The fourth-order valence-corrected chi connectivity index (χ4v) is 5.67. The molecule has 0 radical (unpaired) electrons. The number of ether oxygens (including phenoxy) is 2. The second-order valence-corrected chi connectivity index (χ2v) is 13.1. The molecular formula is C31H39Cl2N3O6. The zero-order chi connectivity index (χ0) is 31.5. The second-order valence-electron chi connectivity index (χ2n) is 12.3. The minimum absolute atomic E-state index is 0.163. The molecule has 3 N–H and O–H groups in total. The first-order chi connectivity index (χ1) is 19.5. The summed E-state index contributed by atoms with van der Waals surface area (Å²) in [6.45, 7) is 11.1. The fraction of sp³-hybridized carbons (Fsp3) is 0.484. The Morgan fingerprint density at radius 2 is 1.57 bits per heavy atom. The van der Waals surface area contributed by atoms with Gasteiger partial charge in [0.1, 0.15) is 11.6 Å². The van der Waals surface area contributed by atoms with Gasteiger partial charge in [0.05, 0.1) is 28.3 Å². The minimum atomic E-state index is -0.948. The highest BCUT2D eigenvalue weighted by atomic mass is 35.5. The summed E-state index contributed by atoms with van der Waals surface area (Å²) in [5, 5.41) is 8.79. The number of amides is 3. The number of hydrogen-bond donors (Lipinski definition) is 3. The summed E-state index contributed by atoms with van der Waals surface area (Å²) in [6.07, 6.45) is 1.13. The van der Waals surface area contributed by atoms with Crippen molar-refractivity contribution in [3.63, 3.8) is 0 Å². The van der Waals surface area contributed by atoms with Crippen molar-refractivity contribution in [1.29, 1.82) is 0 Å². The molecule has 1 fully saturated rings. The van der Waals surface area contributed by atoms with Gasteiger partial charge in [0, 0.05) is 18.0 Å². The summed E-state index contributed by atoms with van der Waals surface area (Å²) in [7, 11) is 1.26. The Labute approximate surface area is 257 Å². The molecule has 0 saturated heterocycles. The summed E-state index contributed by atoms with van der Waals surface area (Å²) >= 11 is 12.2. The number of benzene rings is 2. The molecule has 42 heavy (non-hydrogen) atoms. The van der Waals surface area contributed by atoms with Gasteiger partial charge in [0.25, 0.3) is 0 Å². The van der Waals surface area contributed by atoms with Crippen LogP contribution in [0.2, 0.25) is 10.0 Å². The van der Waals surface area contributed by atoms with Crippen LogP contribution in [-0.2, 0) is 30.3 Å². The molecule has 2 aromatic carbocycles. The van der Waals surface area contributed by atoms with Crippen LogP contribution < -0.4 is 16.0 Å². The third-order valence-electron chi connectivity index (χ3n) is 8.05.